The maximum Gasteiger partial charge on any atom is 0.224 e. The molecule has 7 heteroatoms. The average Bonchev–Trinajstić information content (AvgIpc) is 3.10. The maximum atomic E-state index is 13.4. The van der Waals surface area contributed by atoms with Crippen LogP contribution in [0.2, 0.25) is 0 Å². The third-order valence-corrected chi connectivity index (χ3v) is 10.7. The van der Waals surface area contributed by atoms with Crippen LogP contribution in [-0.4, -0.2) is 75.0 Å². The molecule has 0 bridgehead atoms. The van der Waals surface area contributed by atoms with Crippen LogP contribution in [0.5, 0.6) is 0 Å². The van der Waals surface area contributed by atoms with Crippen molar-refractivity contribution < 1.29 is 30.0 Å². The predicted molar refractivity (Wildman–Crippen MR) is 205 cm³/mol. The Kier molecular flexibility index (Phi) is 31.3. The highest BCUT2D eigenvalue weighted by Crippen LogP contribution is 2.26. The van der Waals surface area contributed by atoms with E-state index in [4.69, 9.17) is 4.74 Å². The van der Waals surface area contributed by atoms with Crippen LogP contribution in [0.25, 0.3) is 0 Å². The molecule has 49 heavy (non-hydrogen) atoms. The van der Waals surface area contributed by atoms with Gasteiger partial charge in [0.15, 0.2) is 6.23 Å². The van der Waals surface area contributed by atoms with Crippen LogP contribution in [0.3, 0.4) is 0 Å². The Hall–Kier alpha value is -0.730. The van der Waals surface area contributed by atoms with Crippen molar-refractivity contribution in [3.63, 3.8) is 0 Å². The van der Waals surface area contributed by atoms with E-state index in [-0.39, 0.29) is 5.91 Å². The molecule has 292 valence electrons. The first kappa shape index (κ1) is 46.3. The van der Waals surface area contributed by atoms with Crippen molar-refractivity contribution in [1.82, 2.24) is 4.90 Å². The lowest BCUT2D eigenvalue weighted by atomic mass is 9.97. The van der Waals surface area contributed by atoms with Crippen molar-refractivity contribution >= 4 is 5.91 Å². The molecule has 1 saturated heterocycles. The number of hydrogen-bond acceptors (Lipinski definition) is 6. The van der Waals surface area contributed by atoms with Crippen molar-refractivity contribution in [1.29, 1.82) is 0 Å². The molecule has 0 aromatic rings. The van der Waals surface area contributed by atoms with E-state index in [0.29, 0.717) is 13.0 Å². The molecule has 0 saturated carbocycles. The first-order valence-electron chi connectivity index (χ1n) is 21.6. The Labute approximate surface area is 303 Å². The fourth-order valence-electron chi connectivity index (χ4n) is 7.35. The van der Waals surface area contributed by atoms with Crippen molar-refractivity contribution in [3.05, 3.63) is 0 Å². The normalized spacial score (nSPS) is 21.0. The lowest BCUT2D eigenvalue weighted by molar-refractivity contribution is -0.262. The minimum Gasteiger partial charge on any atom is -0.394 e. The monoisotopic (exact) mass is 698 g/mol. The molecule has 1 fully saturated rings. The summed E-state index contributed by atoms with van der Waals surface area (Å²) in [7, 11) is 0. The molecule has 7 nitrogen and oxygen atoms in total. The van der Waals surface area contributed by atoms with Crippen LogP contribution in [0, 0.1) is 0 Å². The molecule has 0 radical (unpaired) electrons. The fourth-order valence-corrected chi connectivity index (χ4v) is 7.35. The van der Waals surface area contributed by atoms with E-state index >= 15 is 0 Å². The van der Waals surface area contributed by atoms with Crippen LogP contribution in [0.15, 0.2) is 0 Å². The lowest BCUT2D eigenvalue weighted by Crippen LogP contribution is -2.64. The number of aliphatic hydroxyl groups is 4. The smallest absolute Gasteiger partial charge is 0.224 e. The standard InChI is InChI=1S/C42H83NO6/c1-3-5-7-9-11-13-15-17-19-21-23-25-27-29-31-33-35-43(42-41(48)40(47)39(46)37(36-44)49-42)38(45)34-32-30-28-26-24-22-20-18-16-14-12-10-8-6-4-2/h37,39-42,44,46-48H,3-36H2,1-2H3/t37-,39-,40+,41-,42?/m1/s1. The van der Waals surface area contributed by atoms with Crippen molar-refractivity contribution in [2.45, 2.75) is 250 Å². The van der Waals surface area contributed by atoms with Gasteiger partial charge in [0.05, 0.1) is 6.61 Å². The number of unbranched alkanes of at least 4 members (excludes halogenated alkanes) is 29. The Morgan fingerprint density at radius 3 is 1.14 bits per heavy atom. The molecule has 0 aliphatic carbocycles. The van der Waals surface area contributed by atoms with Crippen LogP contribution in [0.4, 0.5) is 0 Å². The Morgan fingerprint density at radius 1 is 0.469 bits per heavy atom. The Morgan fingerprint density at radius 2 is 0.796 bits per heavy atom. The summed E-state index contributed by atoms with van der Waals surface area (Å²) in [5.41, 5.74) is 0. The molecule has 4 N–H and O–H groups in total. The van der Waals surface area contributed by atoms with E-state index in [1.165, 1.54) is 161 Å². The highest BCUT2D eigenvalue weighted by Gasteiger charge is 2.46. The summed E-state index contributed by atoms with van der Waals surface area (Å²) < 4.78 is 5.82. The van der Waals surface area contributed by atoms with Crippen molar-refractivity contribution in [3.8, 4) is 0 Å². The van der Waals surface area contributed by atoms with E-state index in [1.807, 2.05) is 0 Å². The van der Waals surface area contributed by atoms with Gasteiger partial charge in [0.25, 0.3) is 0 Å². The number of aliphatic hydroxyl groups excluding tert-OH is 4. The van der Waals surface area contributed by atoms with E-state index in [1.54, 1.807) is 4.90 Å². The van der Waals surface area contributed by atoms with Gasteiger partial charge in [-0.05, 0) is 12.8 Å². The molecule has 1 aliphatic rings. The molecule has 1 aliphatic heterocycles. The molecule has 1 unspecified atom stereocenters. The summed E-state index contributed by atoms with van der Waals surface area (Å²) in [5, 5.41) is 41.1. The summed E-state index contributed by atoms with van der Waals surface area (Å²) in [6.45, 7) is 4.50. The highest BCUT2D eigenvalue weighted by molar-refractivity contribution is 5.76. The summed E-state index contributed by atoms with van der Waals surface area (Å²) >= 11 is 0. The van der Waals surface area contributed by atoms with Gasteiger partial charge >= 0.3 is 0 Å². The second-order valence-corrected chi connectivity index (χ2v) is 15.3. The van der Waals surface area contributed by atoms with Gasteiger partial charge in [0.1, 0.15) is 24.4 Å². The second kappa shape index (κ2) is 33.1. The predicted octanol–water partition coefficient (Wildman–Crippen LogP) is 10.1. The minimum atomic E-state index is -1.47. The molecule has 5 atom stereocenters. The van der Waals surface area contributed by atoms with Crippen molar-refractivity contribution in [2.24, 2.45) is 0 Å². The Bertz CT molecular complexity index is 721. The summed E-state index contributed by atoms with van der Waals surface area (Å²) in [4.78, 5) is 15.0. The topological polar surface area (TPSA) is 110 Å². The molecule has 1 heterocycles. The van der Waals surface area contributed by atoms with Crippen LogP contribution in [-0.2, 0) is 9.53 Å². The van der Waals surface area contributed by atoms with Gasteiger partial charge in [0.2, 0.25) is 5.91 Å². The molecule has 0 aromatic heterocycles. The molecular weight excluding hydrogens is 614 g/mol. The van der Waals surface area contributed by atoms with E-state index in [0.717, 1.165) is 38.5 Å². The third-order valence-electron chi connectivity index (χ3n) is 10.7. The average molecular weight is 698 g/mol. The molecule has 1 rings (SSSR count). The zero-order chi connectivity index (χ0) is 35.8. The third kappa shape index (κ3) is 23.5. The number of hydrogen-bond donors (Lipinski definition) is 4. The highest BCUT2D eigenvalue weighted by atomic mass is 16.6. The van der Waals surface area contributed by atoms with Crippen LogP contribution < -0.4 is 0 Å². The van der Waals surface area contributed by atoms with Gasteiger partial charge in [-0.2, -0.15) is 0 Å². The SMILES string of the molecule is CCCCCCCCCCCCCCCCCCN(C(=O)CCCCCCCCCCCCCCCCC)C1O[C@H](CO)[C@@H](O)[C@H](O)[C@H]1O. The number of carbonyl (C=O) groups excluding carboxylic acids is 1. The van der Waals surface area contributed by atoms with Gasteiger partial charge in [-0.25, -0.2) is 0 Å². The minimum absolute atomic E-state index is 0.0833. The summed E-state index contributed by atoms with van der Waals surface area (Å²) in [6, 6.07) is 0. The fraction of sp³-hybridized carbons (Fsp3) is 0.976. The van der Waals surface area contributed by atoms with Crippen LogP contribution >= 0.6 is 0 Å². The number of nitrogens with zero attached hydrogens (tertiary/aromatic N) is 1. The van der Waals surface area contributed by atoms with Crippen LogP contribution in [0.1, 0.15) is 219 Å². The maximum absolute atomic E-state index is 13.4. The van der Waals surface area contributed by atoms with Gasteiger partial charge < -0.3 is 30.1 Å². The second-order valence-electron chi connectivity index (χ2n) is 15.3. The summed E-state index contributed by atoms with van der Waals surface area (Å²) in [5.74, 6) is -0.0833. The van der Waals surface area contributed by atoms with E-state index in [9.17, 15) is 25.2 Å². The number of rotatable bonds is 35. The number of carbonyl (C=O) groups is 1. The lowest BCUT2D eigenvalue weighted by Gasteiger charge is -2.44. The Balaban J connectivity index is 2.27. The molecule has 0 spiro atoms. The quantitative estimate of drug-likeness (QED) is 0.0491. The summed E-state index contributed by atoms with van der Waals surface area (Å²) in [6.07, 6.45) is 33.5. The molecular formula is C42H83NO6. The van der Waals surface area contributed by atoms with E-state index < -0.39 is 37.3 Å². The first-order valence-corrected chi connectivity index (χ1v) is 21.6. The molecule has 1 amide bonds. The zero-order valence-electron chi connectivity index (χ0n) is 32.5. The van der Waals surface area contributed by atoms with Gasteiger partial charge in [-0.15, -0.1) is 0 Å². The molecule has 0 aromatic carbocycles. The van der Waals surface area contributed by atoms with Gasteiger partial charge in [-0.1, -0.05) is 200 Å². The number of ether oxygens (including phenoxy) is 1. The first-order chi connectivity index (χ1) is 24.0. The largest absolute Gasteiger partial charge is 0.394 e. The van der Waals surface area contributed by atoms with Gasteiger partial charge in [-0.3, -0.25) is 4.79 Å². The van der Waals surface area contributed by atoms with Gasteiger partial charge in [0, 0.05) is 13.0 Å². The van der Waals surface area contributed by atoms with Crippen molar-refractivity contribution in [2.75, 3.05) is 13.2 Å². The van der Waals surface area contributed by atoms with E-state index in [2.05, 4.69) is 13.8 Å². The zero-order valence-corrected chi connectivity index (χ0v) is 32.5. The number of amides is 1.